The second kappa shape index (κ2) is 8.05. The molecule has 28 heavy (non-hydrogen) atoms. The van der Waals surface area contributed by atoms with Crippen LogP contribution in [0.25, 0.3) is 0 Å². The van der Waals surface area contributed by atoms with E-state index in [9.17, 15) is 0 Å². The van der Waals surface area contributed by atoms with Gasteiger partial charge in [-0.3, -0.25) is 4.99 Å². The van der Waals surface area contributed by atoms with Gasteiger partial charge in [0.2, 0.25) is 0 Å². The third-order valence-electron chi connectivity index (χ3n) is 5.23. The molecular formula is C23H29N3O2. The zero-order chi connectivity index (χ0) is 20.4. The lowest BCUT2D eigenvalue weighted by Gasteiger charge is -2.31. The first-order valence-corrected chi connectivity index (χ1v) is 9.51. The molecule has 0 spiro atoms. The first-order chi connectivity index (χ1) is 13.3. The molecule has 1 atom stereocenters. The molecule has 0 amide bonds. The predicted octanol–water partition coefficient (Wildman–Crippen LogP) is 4.83. The predicted molar refractivity (Wildman–Crippen MR) is 116 cm³/mol. The summed E-state index contributed by atoms with van der Waals surface area (Å²) in [4.78, 5) is 12.1. The zero-order valence-electron chi connectivity index (χ0n) is 17.8. The van der Waals surface area contributed by atoms with E-state index in [1.165, 1.54) is 16.7 Å². The fourth-order valence-corrected chi connectivity index (χ4v) is 3.64. The highest BCUT2D eigenvalue weighted by Gasteiger charge is 2.24. The summed E-state index contributed by atoms with van der Waals surface area (Å²) >= 11 is 0. The van der Waals surface area contributed by atoms with E-state index in [-0.39, 0.29) is 6.17 Å². The van der Waals surface area contributed by atoms with Gasteiger partial charge in [-0.15, -0.1) is 0 Å². The number of methoxy groups -OCH3 is 2. The Kier molecular flexibility index (Phi) is 5.73. The summed E-state index contributed by atoms with van der Waals surface area (Å²) in [5, 5.41) is 0. The summed E-state index contributed by atoms with van der Waals surface area (Å²) in [7, 11) is 5.34. The molecule has 1 aliphatic rings. The maximum absolute atomic E-state index is 5.46. The van der Waals surface area contributed by atoms with Crippen molar-refractivity contribution in [2.24, 2.45) is 9.98 Å². The van der Waals surface area contributed by atoms with Gasteiger partial charge in [0.25, 0.3) is 0 Å². The van der Waals surface area contributed by atoms with Crippen LogP contribution < -0.4 is 9.47 Å². The van der Waals surface area contributed by atoms with E-state index >= 15 is 0 Å². The van der Waals surface area contributed by atoms with E-state index < -0.39 is 0 Å². The van der Waals surface area contributed by atoms with Crippen molar-refractivity contribution in [1.29, 1.82) is 0 Å². The molecule has 0 radical (unpaired) electrons. The summed E-state index contributed by atoms with van der Waals surface area (Å²) in [5.74, 6) is 2.44. The second-order valence-corrected chi connectivity index (χ2v) is 7.34. The standard InChI is InChI=1S/C23H29N3O2/c1-14-10-15(2)23(16(3)11-14)25-22-13-19(24-17(4)26(22)5)18-8-9-20(27-6)21(12-18)28-7/h8-12,17H,13H2,1-7H3. The number of ether oxygens (including phenoxy) is 2. The lowest BCUT2D eigenvalue weighted by molar-refractivity contribution is 0.355. The molecule has 1 aliphatic heterocycles. The van der Waals surface area contributed by atoms with Crippen molar-refractivity contribution < 1.29 is 9.47 Å². The van der Waals surface area contributed by atoms with E-state index in [0.717, 1.165) is 22.8 Å². The highest BCUT2D eigenvalue weighted by atomic mass is 16.5. The molecule has 0 aliphatic carbocycles. The Balaban J connectivity index is 2.01. The Morgan fingerprint density at radius 1 is 1.00 bits per heavy atom. The van der Waals surface area contributed by atoms with E-state index in [1.54, 1.807) is 14.2 Å². The van der Waals surface area contributed by atoms with Crippen LogP contribution in [0.15, 0.2) is 40.3 Å². The average molecular weight is 380 g/mol. The third kappa shape index (κ3) is 3.88. The number of rotatable bonds is 4. The maximum atomic E-state index is 5.46. The van der Waals surface area contributed by atoms with Crippen LogP contribution in [0, 0.1) is 20.8 Å². The molecule has 0 aromatic heterocycles. The van der Waals surface area contributed by atoms with Crippen molar-refractivity contribution >= 4 is 17.2 Å². The van der Waals surface area contributed by atoms with Crippen LogP contribution in [0.3, 0.4) is 0 Å². The van der Waals surface area contributed by atoms with E-state index in [0.29, 0.717) is 17.9 Å². The summed E-state index contributed by atoms with van der Waals surface area (Å²) in [6.07, 6.45) is 0.685. The van der Waals surface area contributed by atoms with Crippen LogP contribution in [0.2, 0.25) is 0 Å². The van der Waals surface area contributed by atoms with Crippen molar-refractivity contribution in [3.8, 4) is 11.5 Å². The molecule has 0 fully saturated rings. The summed E-state index contributed by atoms with van der Waals surface area (Å²) in [6.45, 7) is 8.45. The average Bonchev–Trinajstić information content (AvgIpc) is 2.66. The largest absolute Gasteiger partial charge is 0.493 e. The van der Waals surface area contributed by atoms with Crippen molar-refractivity contribution in [2.45, 2.75) is 40.3 Å². The summed E-state index contributed by atoms with van der Waals surface area (Å²) in [5.41, 5.74) is 6.74. The number of hydrogen-bond donors (Lipinski definition) is 0. The van der Waals surface area contributed by atoms with Crippen molar-refractivity contribution in [1.82, 2.24) is 4.90 Å². The van der Waals surface area contributed by atoms with Gasteiger partial charge in [0, 0.05) is 13.5 Å². The lowest BCUT2D eigenvalue weighted by Crippen LogP contribution is -2.40. The van der Waals surface area contributed by atoms with Crippen LogP contribution in [0.4, 0.5) is 5.69 Å². The number of aliphatic imine (C=N–C) groups is 2. The van der Waals surface area contributed by atoms with Gasteiger partial charge < -0.3 is 14.4 Å². The van der Waals surface area contributed by atoms with Gasteiger partial charge >= 0.3 is 0 Å². The van der Waals surface area contributed by atoms with Crippen LogP contribution in [0.5, 0.6) is 11.5 Å². The van der Waals surface area contributed by atoms with Gasteiger partial charge in [-0.05, 0) is 62.6 Å². The molecule has 2 aromatic rings. The van der Waals surface area contributed by atoms with Crippen LogP contribution in [-0.4, -0.2) is 43.9 Å². The fraction of sp³-hybridized carbons (Fsp3) is 0.391. The highest BCUT2D eigenvalue weighted by molar-refractivity contribution is 6.14. The van der Waals surface area contributed by atoms with E-state index in [1.807, 2.05) is 18.2 Å². The molecule has 148 valence electrons. The van der Waals surface area contributed by atoms with Crippen molar-refractivity contribution in [3.63, 3.8) is 0 Å². The van der Waals surface area contributed by atoms with Gasteiger partial charge in [0.05, 0.1) is 25.6 Å². The zero-order valence-corrected chi connectivity index (χ0v) is 17.8. The molecule has 5 heteroatoms. The van der Waals surface area contributed by atoms with E-state index in [2.05, 4.69) is 51.8 Å². The summed E-state index contributed by atoms with van der Waals surface area (Å²) in [6, 6.07) is 10.3. The SMILES string of the molecule is COc1ccc(C2=NC(C)N(C)C(=Nc3c(C)cc(C)cc3C)C2)cc1OC. The molecule has 5 nitrogen and oxygen atoms in total. The molecule has 0 N–H and O–H groups in total. The topological polar surface area (TPSA) is 46.4 Å². The van der Waals surface area contributed by atoms with Gasteiger partial charge in [-0.2, -0.15) is 0 Å². The maximum Gasteiger partial charge on any atom is 0.161 e. The molecule has 1 heterocycles. The second-order valence-electron chi connectivity index (χ2n) is 7.34. The quantitative estimate of drug-likeness (QED) is 0.764. The smallest absolute Gasteiger partial charge is 0.161 e. The molecule has 3 rings (SSSR count). The molecular weight excluding hydrogens is 350 g/mol. The molecule has 0 bridgehead atoms. The molecule has 1 unspecified atom stereocenters. The number of amidine groups is 1. The van der Waals surface area contributed by atoms with Gasteiger partial charge in [-0.1, -0.05) is 17.7 Å². The molecule has 0 saturated heterocycles. The minimum absolute atomic E-state index is 0.0154. The number of hydrogen-bond acceptors (Lipinski definition) is 4. The first-order valence-electron chi connectivity index (χ1n) is 9.51. The third-order valence-corrected chi connectivity index (χ3v) is 5.23. The van der Waals surface area contributed by atoms with Crippen LogP contribution >= 0.6 is 0 Å². The minimum Gasteiger partial charge on any atom is -0.493 e. The normalized spacial score (nSPS) is 18.2. The Bertz CT molecular complexity index is 924. The number of aryl methyl sites for hydroxylation is 3. The Morgan fingerprint density at radius 2 is 1.64 bits per heavy atom. The lowest BCUT2D eigenvalue weighted by atomic mass is 10.0. The Morgan fingerprint density at radius 3 is 2.25 bits per heavy atom. The Labute approximate surface area is 167 Å². The first kappa shape index (κ1) is 19.9. The minimum atomic E-state index is 0.0154. The van der Waals surface area contributed by atoms with Crippen molar-refractivity contribution in [3.05, 3.63) is 52.6 Å². The number of nitrogens with zero attached hydrogens (tertiary/aromatic N) is 3. The van der Waals surface area contributed by atoms with Gasteiger partial charge in [0.1, 0.15) is 12.0 Å². The summed E-state index contributed by atoms with van der Waals surface area (Å²) < 4.78 is 10.8. The van der Waals surface area contributed by atoms with Crippen LogP contribution in [0.1, 0.15) is 35.6 Å². The van der Waals surface area contributed by atoms with Gasteiger partial charge in [-0.25, -0.2) is 4.99 Å². The monoisotopic (exact) mass is 379 g/mol. The molecule has 2 aromatic carbocycles. The van der Waals surface area contributed by atoms with Crippen LogP contribution in [-0.2, 0) is 0 Å². The molecule has 0 saturated carbocycles. The van der Waals surface area contributed by atoms with Gasteiger partial charge in [0.15, 0.2) is 11.5 Å². The highest BCUT2D eigenvalue weighted by Crippen LogP contribution is 2.31. The number of benzene rings is 2. The fourth-order valence-electron chi connectivity index (χ4n) is 3.64. The van der Waals surface area contributed by atoms with Crippen molar-refractivity contribution in [2.75, 3.05) is 21.3 Å². The van der Waals surface area contributed by atoms with E-state index in [4.69, 9.17) is 19.5 Å². The Hall–Kier alpha value is -2.82.